The molecule has 12 aromatic rings. The SMILES string of the molecule is c1ccc(-n2c3ccccc3c3c(N(c4ccc(-c5cc6ccccc6c6ccccc56)cc4)c4cccc(-c5cc6ccccc6c6ccccc56)c4)cccc32)cc1. The molecule has 0 bridgehead atoms. The molecule has 0 saturated heterocycles. The minimum atomic E-state index is 1.09. The zero-order valence-electron chi connectivity index (χ0n) is 32.8. The van der Waals surface area contributed by atoms with Gasteiger partial charge in [-0.15, -0.1) is 0 Å². The van der Waals surface area contributed by atoms with Crippen LogP contribution in [-0.2, 0) is 0 Å². The van der Waals surface area contributed by atoms with Gasteiger partial charge in [-0.05, 0) is 132 Å². The highest BCUT2D eigenvalue weighted by molar-refractivity contribution is 6.18. The molecule has 11 aromatic carbocycles. The average Bonchev–Trinajstić information content (AvgIpc) is 3.67. The van der Waals surface area contributed by atoms with Gasteiger partial charge in [0, 0.05) is 27.8 Å². The summed E-state index contributed by atoms with van der Waals surface area (Å²) in [4.78, 5) is 2.46. The number of rotatable bonds is 6. The Labute approximate surface area is 348 Å². The van der Waals surface area contributed by atoms with Crippen molar-refractivity contribution in [1.29, 1.82) is 0 Å². The van der Waals surface area contributed by atoms with E-state index in [9.17, 15) is 0 Å². The molecular formula is C58H38N2. The van der Waals surface area contributed by atoms with E-state index in [1.165, 1.54) is 87.1 Å². The summed E-state index contributed by atoms with van der Waals surface area (Å²) in [5.41, 5.74) is 11.6. The summed E-state index contributed by atoms with van der Waals surface area (Å²) in [6.45, 7) is 0. The van der Waals surface area contributed by atoms with E-state index in [0.717, 1.165) is 22.7 Å². The van der Waals surface area contributed by atoms with E-state index in [4.69, 9.17) is 0 Å². The van der Waals surface area contributed by atoms with Gasteiger partial charge in [0.05, 0.1) is 16.7 Å². The van der Waals surface area contributed by atoms with E-state index in [1.807, 2.05) is 0 Å². The minimum Gasteiger partial charge on any atom is -0.310 e. The van der Waals surface area contributed by atoms with Crippen LogP contribution in [0.25, 0.3) is 92.8 Å². The molecule has 60 heavy (non-hydrogen) atoms. The Morgan fingerprint density at radius 2 is 0.817 bits per heavy atom. The smallest absolute Gasteiger partial charge is 0.0562 e. The first-order valence-corrected chi connectivity index (χ1v) is 20.7. The zero-order chi connectivity index (χ0) is 39.6. The Hall–Kier alpha value is -7.94. The third-order valence-corrected chi connectivity index (χ3v) is 12.3. The lowest BCUT2D eigenvalue weighted by Gasteiger charge is -2.27. The quantitative estimate of drug-likeness (QED) is 0.153. The first kappa shape index (κ1) is 34.1. The molecule has 12 rings (SSSR count). The fraction of sp³-hybridized carbons (Fsp3) is 0. The number of anilines is 3. The Morgan fingerprint density at radius 3 is 1.48 bits per heavy atom. The molecule has 0 unspecified atom stereocenters. The molecular weight excluding hydrogens is 725 g/mol. The Kier molecular flexibility index (Phi) is 7.89. The largest absolute Gasteiger partial charge is 0.310 e. The predicted octanol–water partition coefficient (Wildman–Crippen LogP) is 16.2. The molecule has 1 aromatic heterocycles. The Bertz CT molecular complexity index is 3600. The van der Waals surface area contributed by atoms with E-state index in [0.29, 0.717) is 0 Å². The minimum absolute atomic E-state index is 1.09. The molecule has 280 valence electrons. The van der Waals surface area contributed by atoms with E-state index < -0.39 is 0 Å². The normalized spacial score (nSPS) is 11.7. The van der Waals surface area contributed by atoms with Gasteiger partial charge in [0.1, 0.15) is 0 Å². The molecule has 0 N–H and O–H groups in total. The van der Waals surface area contributed by atoms with Gasteiger partial charge in [0.15, 0.2) is 0 Å². The highest BCUT2D eigenvalue weighted by Crippen LogP contribution is 2.46. The van der Waals surface area contributed by atoms with Crippen LogP contribution >= 0.6 is 0 Å². The number of benzene rings is 11. The topological polar surface area (TPSA) is 8.17 Å². The van der Waals surface area contributed by atoms with Crippen molar-refractivity contribution in [2.45, 2.75) is 0 Å². The summed E-state index contributed by atoms with van der Waals surface area (Å²) in [6, 6.07) is 84.3. The molecule has 2 heteroatoms. The first-order valence-electron chi connectivity index (χ1n) is 20.7. The second-order valence-corrected chi connectivity index (χ2v) is 15.7. The number of para-hydroxylation sites is 2. The summed E-state index contributed by atoms with van der Waals surface area (Å²) >= 11 is 0. The maximum Gasteiger partial charge on any atom is 0.0562 e. The standard InChI is InChI=1S/C58H38N2/c1-2-19-43(20-3-1)60-55-29-13-12-28-52(55)58-56(30-15-31-57(58)60)59(44-34-32-39(33-35-44)53-37-41-16-4-6-22-46(41)48-24-8-10-26-50(48)53)45-21-14-18-40(36-45)54-38-42-17-5-7-23-47(42)49-25-9-11-27-51(49)54/h1-38H. The zero-order valence-corrected chi connectivity index (χ0v) is 32.8. The highest BCUT2D eigenvalue weighted by atomic mass is 15.1. The molecule has 0 spiro atoms. The Balaban J connectivity index is 1.09. The lowest BCUT2D eigenvalue weighted by atomic mass is 9.92. The van der Waals surface area contributed by atoms with Gasteiger partial charge in [-0.25, -0.2) is 0 Å². The molecule has 0 saturated carbocycles. The third-order valence-electron chi connectivity index (χ3n) is 12.3. The molecule has 0 radical (unpaired) electrons. The number of fused-ring (bicyclic) bond motifs is 9. The molecule has 2 nitrogen and oxygen atoms in total. The van der Waals surface area contributed by atoms with Gasteiger partial charge in [-0.2, -0.15) is 0 Å². The fourth-order valence-electron chi connectivity index (χ4n) is 9.66. The van der Waals surface area contributed by atoms with Crippen molar-refractivity contribution in [2.75, 3.05) is 4.90 Å². The number of hydrogen-bond acceptors (Lipinski definition) is 1. The Morgan fingerprint density at radius 1 is 0.300 bits per heavy atom. The molecule has 1 heterocycles. The summed E-state index contributed by atoms with van der Waals surface area (Å²) in [6.07, 6.45) is 0. The summed E-state index contributed by atoms with van der Waals surface area (Å²) in [5, 5.41) is 12.5. The monoisotopic (exact) mass is 762 g/mol. The van der Waals surface area contributed by atoms with Crippen LogP contribution in [0.3, 0.4) is 0 Å². The van der Waals surface area contributed by atoms with E-state index in [-0.39, 0.29) is 0 Å². The highest BCUT2D eigenvalue weighted by Gasteiger charge is 2.22. The van der Waals surface area contributed by atoms with Gasteiger partial charge in [-0.3, -0.25) is 0 Å². The van der Waals surface area contributed by atoms with Gasteiger partial charge in [0.2, 0.25) is 0 Å². The van der Waals surface area contributed by atoms with Crippen LogP contribution in [-0.4, -0.2) is 4.57 Å². The maximum absolute atomic E-state index is 2.46. The van der Waals surface area contributed by atoms with Crippen LogP contribution in [0.2, 0.25) is 0 Å². The lowest BCUT2D eigenvalue weighted by Crippen LogP contribution is -2.10. The van der Waals surface area contributed by atoms with Crippen molar-refractivity contribution in [2.24, 2.45) is 0 Å². The van der Waals surface area contributed by atoms with Crippen LogP contribution in [0.15, 0.2) is 231 Å². The van der Waals surface area contributed by atoms with Crippen molar-refractivity contribution in [1.82, 2.24) is 4.57 Å². The molecule has 0 aliphatic rings. The molecule has 0 fully saturated rings. The molecule has 0 aliphatic carbocycles. The number of nitrogens with zero attached hydrogens (tertiary/aromatic N) is 2. The molecule has 0 aliphatic heterocycles. The van der Waals surface area contributed by atoms with Crippen molar-refractivity contribution >= 4 is 82.0 Å². The fourth-order valence-corrected chi connectivity index (χ4v) is 9.66. The summed E-state index contributed by atoms with van der Waals surface area (Å²) < 4.78 is 2.40. The summed E-state index contributed by atoms with van der Waals surface area (Å²) in [7, 11) is 0. The van der Waals surface area contributed by atoms with Gasteiger partial charge >= 0.3 is 0 Å². The molecule has 0 atom stereocenters. The van der Waals surface area contributed by atoms with Crippen LogP contribution < -0.4 is 4.90 Å². The molecule has 0 amide bonds. The predicted molar refractivity (Wildman–Crippen MR) is 256 cm³/mol. The van der Waals surface area contributed by atoms with E-state index >= 15 is 0 Å². The van der Waals surface area contributed by atoms with E-state index in [2.05, 4.69) is 240 Å². The second-order valence-electron chi connectivity index (χ2n) is 15.7. The van der Waals surface area contributed by atoms with Crippen LogP contribution in [0, 0.1) is 0 Å². The van der Waals surface area contributed by atoms with Crippen molar-refractivity contribution in [3.8, 4) is 27.9 Å². The number of hydrogen-bond donors (Lipinski definition) is 0. The van der Waals surface area contributed by atoms with Crippen LogP contribution in [0.1, 0.15) is 0 Å². The maximum atomic E-state index is 2.46. The first-order chi connectivity index (χ1) is 29.8. The van der Waals surface area contributed by atoms with Crippen molar-refractivity contribution in [3.05, 3.63) is 231 Å². The van der Waals surface area contributed by atoms with Crippen LogP contribution in [0.4, 0.5) is 17.1 Å². The van der Waals surface area contributed by atoms with Crippen molar-refractivity contribution < 1.29 is 0 Å². The lowest BCUT2D eigenvalue weighted by molar-refractivity contribution is 1.18. The van der Waals surface area contributed by atoms with Crippen LogP contribution in [0.5, 0.6) is 0 Å². The van der Waals surface area contributed by atoms with Gasteiger partial charge in [0.25, 0.3) is 0 Å². The van der Waals surface area contributed by atoms with Crippen molar-refractivity contribution in [3.63, 3.8) is 0 Å². The summed E-state index contributed by atoms with van der Waals surface area (Å²) in [5.74, 6) is 0. The average molecular weight is 763 g/mol. The van der Waals surface area contributed by atoms with E-state index in [1.54, 1.807) is 0 Å². The third kappa shape index (κ3) is 5.42. The second kappa shape index (κ2) is 13.9. The van der Waals surface area contributed by atoms with Gasteiger partial charge in [-0.1, -0.05) is 164 Å². The van der Waals surface area contributed by atoms with Gasteiger partial charge < -0.3 is 9.47 Å². The number of aromatic nitrogens is 1.